The Balaban J connectivity index is 3.02. The van der Waals surface area contributed by atoms with Crippen molar-refractivity contribution >= 4 is 0 Å². The second-order valence-corrected chi connectivity index (χ2v) is 4.24. The van der Waals surface area contributed by atoms with Crippen LogP contribution in [0, 0.1) is 17.1 Å². The monoisotopic (exact) mass is 315 g/mol. The summed E-state index contributed by atoms with van der Waals surface area (Å²) in [7, 11) is 0. The maximum absolute atomic E-state index is 13.0. The molecule has 1 aromatic carbocycles. The first kappa shape index (κ1) is 17.2. The van der Waals surface area contributed by atoms with Gasteiger partial charge in [-0.05, 0) is 24.6 Å². The van der Waals surface area contributed by atoms with Gasteiger partial charge in [0.1, 0.15) is 11.9 Å². The zero-order valence-corrected chi connectivity index (χ0v) is 10.4. The highest BCUT2D eigenvalue weighted by Crippen LogP contribution is 2.45. The van der Waals surface area contributed by atoms with Gasteiger partial charge in [0.25, 0.3) is 5.60 Å². The fourth-order valence-corrected chi connectivity index (χ4v) is 1.30. The summed E-state index contributed by atoms with van der Waals surface area (Å²) in [6, 6.07) is 3.93. The summed E-state index contributed by atoms with van der Waals surface area (Å²) in [6.07, 6.45) is -11.4. The van der Waals surface area contributed by atoms with Gasteiger partial charge in [-0.1, -0.05) is 6.07 Å². The van der Waals surface area contributed by atoms with Crippen molar-refractivity contribution in [3.05, 3.63) is 35.1 Å². The lowest BCUT2D eigenvalue weighted by Gasteiger charge is -2.33. The molecule has 0 aromatic heterocycles. The van der Waals surface area contributed by atoms with Crippen LogP contribution in [0.25, 0.3) is 0 Å². The molecule has 0 unspecified atom stereocenters. The topological polar surface area (TPSA) is 33.0 Å². The lowest BCUT2D eigenvalue weighted by atomic mass is 10.1. The maximum Gasteiger partial charge on any atom is 0.426 e. The molecular weight excluding hydrogens is 307 g/mol. The van der Waals surface area contributed by atoms with Gasteiger partial charge >= 0.3 is 12.4 Å². The van der Waals surface area contributed by atoms with E-state index in [4.69, 9.17) is 5.26 Å². The number of alkyl halides is 6. The number of halogens is 7. The van der Waals surface area contributed by atoms with E-state index in [1.807, 2.05) is 0 Å². The van der Waals surface area contributed by atoms with E-state index in [2.05, 4.69) is 4.74 Å². The lowest BCUT2D eigenvalue weighted by molar-refractivity contribution is -0.377. The van der Waals surface area contributed by atoms with Crippen LogP contribution in [-0.2, 0) is 11.3 Å². The molecule has 0 fully saturated rings. The number of hydrogen-bond acceptors (Lipinski definition) is 2. The van der Waals surface area contributed by atoms with Crippen LogP contribution < -0.4 is 0 Å². The predicted octanol–water partition coefficient (Wildman–Crippen LogP) is 4.10. The fourth-order valence-electron chi connectivity index (χ4n) is 1.30. The summed E-state index contributed by atoms with van der Waals surface area (Å²) in [5, 5.41) is 8.54. The van der Waals surface area contributed by atoms with Gasteiger partial charge in [0.2, 0.25) is 0 Å². The van der Waals surface area contributed by atoms with Crippen molar-refractivity contribution in [3.8, 4) is 6.07 Å². The Kier molecular flexibility index (Phi) is 4.53. The molecule has 0 bridgehead atoms. The second kappa shape index (κ2) is 5.52. The summed E-state index contributed by atoms with van der Waals surface area (Å²) in [5.74, 6) is -0.935. The average molecular weight is 315 g/mol. The van der Waals surface area contributed by atoms with Crippen molar-refractivity contribution in [3.63, 3.8) is 0 Å². The third-order valence-electron chi connectivity index (χ3n) is 2.76. The first-order valence-electron chi connectivity index (χ1n) is 5.38. The van der Waals surface area contributed by atoms with Gasteiger partial charge in [-0.2, -0.15) is 31.6 Å². The Bertz CT molecular complexity index is 542. The van der Waals surface area contributed by atoms with Crippen LogP contribution in [0.3, 0.4) is 0 Å². The number of hydrogen-bond donors (Lipinski definition) is 0. The quantitative estimate of drug-likeness (QED) is 0.787. The predicted molar refractivity (Wildman–Crippen MR) is 56.4 cm³/mol. The molecule has 0 N–H and O–H groups in total. The molecule has 0 aliphatic rings. The Morgan fingerprint density at radius 1 is 1.10 bits per heavy atom. The lowest BCUT2D eigenvalue weighted by Crippen LogP contribution is -2.56. The second-order valence-electron chi connectivity index (χ2n) is 4.24. The first-order chi connectivity index (χ1) is 9.42. The number of nitriles is 1. The molecule has 0 aliphatic carbocycles. The third-order valence-corrected chi connectivity index (χ3v) is 2.76. The largest absolute Gasteiger partial charge is 0.426 e. The molecule has 9 heteroatoms. The maximum atomic E-state index is 13.0. The zero-order chi connectivity index (χ0) is 16.5. The van der Waals surface area contributed by atoms with E-state index in [1.54, 1.807) is 0 Å². The normalized spacial score (nSPS) is 13.1. The van der Waals surface area contributed by atoms with Crippen molar-refractivity contribution in [2.45, 2.75) is 31.5 Å². The molecule has 0 amide bonds. The van der Waals surface area contributed by atoms with Crippen LogP contribution in [0.15, 0.2) is 18.2 Å². The van der Waals surface area contributed by atoms with E-state index < -0.39 is 35.9 Å². The zero-order valence-electron chi connectivity index (χ0n) is 10.4. The number of nitrogens with zero attached hydrogens (tertiary/aromatic N) is 1. The minimum Gasteiger partial charge on any atom is -0.353 e. The van der Waals surface area contributed by atoms with E-state index in [1.165, 1.54) is 6.07 Å². The van der Waals surface area contributed by atoms with Crippen LogP contribution in [0.5, 0.6) is 0 Å². The summed E-state index contributed by atoms with van der Waals surface area (Å²) < 4.78 is 92.3. The van der Waals surface area contributed by atoms with Gasteiger partial charge in [-0.25, -0.2) is 4.39 Å². The minimum absolute atomic E-state index is 0.137. The van der Waals surface area contributed by atoms with Gasteiger partial charge in [-0.15, -0.1) is 0 Å². The van der Waals surface area contributed by atoms with Crippen molar-refractivity contribution < 1.29 is 35.5 Å². The van der Waals surface area contributed by atoms with Gasteiger partial charge in [0, 0.05) is 0 Å². The van der Waals surface area contributed by atoms with Gasteiger partial charge in [0.15, 0.2) is 0 Å². The van der Waals surface area contributed by atoms with Crippen LogP contribution in [0.1, 0.15) is 18.1 Å². The Morgan fingerprint density at radius 3 is 2.05 bits per heavy atom. The molecule has 1 aromatic rings. The van der Waals surface area contributed by atoms with E-state index in [-0.39, 0.29) is 12.5 Å². The standard InChI is InChI=1S/C12H8F7NO/c1-10(11(14,15)16,12(17,18)19)21-6-7-2-3-9(13)8(4-7)5-20/h2-4H,6H2,1H3. The highest BCUT2D eigenvalue weighted by Gasteiger charge is 2.69. The molecule has 0 aliphatic heterocycles. The molecule has 0 saturated carbocycles. The number of ether oxygens (including phenoxy) is 1. The highest BCUT2D eigenvalue weighted by atomic mass is 19.4. The SMILES string of the molecule is CC(OCc1ccc(F)c(C#N)c1)(C(F)(F)F)C(F)(F)F. The van der Waals surface area contributed by atoms with Crippen LogP contribution in [-0.4, -0.2) is 18.0 Å². The van der Waals surface area contributed by atoms with E-state index in [0.29, 0.717) is 0 Å². The smallest absolute Gasteiger partial charge is 0.353 e. The molecule has 0 heterocycles. The number of benzene rings is 1. The van der Waals surface area contributed by atoms with E-state index in [0.717, 1.165) is 18.2 Å². The van der Waals surface area contributed by atoms with Crippen molar-refractivity contribution in [1.82, 2.24) is 0 Å². The van der Waals surface area contributed by atoms with Gasteiger partial charge in [-0.3, -0.25) is 0 Å². The summed E-state index contributed by atoms with van der Waals surface area (Å²) in [6.45, 7) is -1.22. The number of rotatable bonds is 3. The average Bonchev–Trinajstić information content (AvgIpc) is 2.34. The van der Waals surface area contributed by atoms with Gasteiger partial charge in [0.05, 0.1) is 12.2 Å². The molecule has 21 heavy (non-hydrogen) atoms. The van der Waals surface area contributed by atoms with Crippen LogP contribution in [0.2, 0.25) is 0 Å². The molecule has 1 rings (SSSR count). The highest BCUT2D eigenvalue weighted by molar-refractivity contribution is 5.34. The van der Waals surface area contributed by atoms with Crippen LogP contribution in [0.4, 0.5) is 30.7 Å². The summed E-state index contributed by atoms with van der Waals surface area (Å²) in [5.41, 5.74) is -5.05. The van der Waals surface area contributed by atoms with Crippen LogP contribution >= 0.6 is 0 Å². The molecule has 0 atom stereocenters. The molecule has 116 valence electrons. The van der Waals surface area contributed by atoms with Crippen molar-refractivity contribution in [2.75, 3.05) is 0 Å². The molecular formula is C12H8F7NO. The Hall–Kier alpha value is -1.82. The molecule has 0 radical (unpaired) electrons. The van der Waals surface area contributed by atoms with Crippen molar-refractivity contribution in [1.29, 1.82) is 5.26 Å². The Labute approximate surface area is 114 Å². The Morgan fingerprint density at radius 2 is 1.62 bits per heavy atom. The summed E-state index contributed by atoms with van der Waals surface area (Å²) in [4.78, 5) is 0. The van der Waals surface area contributed by atoms with Gasteiger partial charge < -0.3 is 4.74 Å². The third kappa shape index (κ3) is 3.44. The van der Waals surface area contributed by atoms with Crippen molar-refractivity contribution in [2.24, 2.45) is 0 Å². The first-order valence-corrected chi connectivity index (χ1v) is 5.38. The minimum atomic E-state index is -5.68. The van der Waals surface area contributed by atoms with E-state index in [9.17, 15) is 30.7 Å². The molecule has 2 nitrogen and oxygen atoms in total. The summed E-state index contributed by atoms with van der Waals surface area (Å²) >= 11 is 0. The molecule has 0 spiro atoms. The van der Waals surface area contributed by atoms with E-state index >= 15 is 0 Å². The molecule has 0 saturated heterocycles. The fraction of sp³-hybridized carbons (Fsp3) is 0.417.